The van der Waals surface area contributed by atoms with Crippen LogP contribution in [0.25, 0.3) is 0 Å². The second-order valence-corrected chi connectivity index (χ2v) is 2.20. The van der Waals surface area contributed by atoms with Crippen LogP contribution < -0.4 is 0 Å². The van der Waals surface area contributed by atoms with Crippen LogP contribution in [0.15, 0.2) is 0 Å². The zero-order chi connectivity index (χ0) is 6.85. The molecule has 0 aliphatic heterocycles. The lowest BCUT2D eigenvalue weighted by Gasteiger charge is -1.87. The molecule has 0 atom stereocenters. The fraction of sp³-hybridized carbons (Fsp3) is 0.500. The van der Waals surface area contributed by atoms with Gasteiger partial charge in [0.2, 0.25) is 0 Å². The second kappa shape index (κ2) is 2.40. The van der Waals surface area contributed by atoms with E-state index in [9.17, 15) is 0 Å². The minimum Gasteiger partial charge on any atom is -0.262 e. The molecule has 49 valence electrons. The van der Waals surface area contributed by atoms with Gasteiger partial charge in [0.1, 0.15) is 6.20 Å². The van der Waals surface area contributed by atoms with Gasteiger partial charge in [0, 0.05) is 6.54 Å². The summed E-state index contributed by atoms with van der Waals surface area (Å²) in [5.41, 5.74) is 0.846. The molecular weight excluding hydrogens is 136 g/mol. The van der Waals surface area contributed by atoms with Gasteiger partial charge in [-0.25, -0.2) is 0 Å². The Morgan fingerprint density at radius 3 is 2.67 bits per heavy atom. The van der Waals surface area contributed by atoms with Crippen LogP contribution in [0.2, 0.25) is 5.02 Å². The van der Waals surface area contributed by atoms with E-state index in [2.05, 4.69) is 11.3 Å². The summed E-state index contributed by atoms with van der Waals surface area (Å²) < 4.78 is 1.69. The summed E-state index contributed by atoms with van der Waals surface area (Å²) in [6.45, 7) is 4.69. The number of hydrogen-bond donors (Lipinski definition) is 0. The van der Waals surface area contributed by atoms with E-state index in [0.717, 1.165) is 12.2 Å². The van der Waals surface area contributed by atoms with Gasteiger partial charge in [0.05, 0.1) is 10.7 Å². The lowest BCUT2D eigenvalue weighted by molar-refractivity contribution is 0.649. The topological polar surface area (TPSA) is 17.8 Å². The van der Waals surface area contributed by atoms with E-state index in [1.807, 2.05) is 13.8 Å². The van der Waals surface area contributed by atoms with E-state index in [1.54, 1.807) is 4.68 Å². The van der Waals surface area contributed by atoms with Crippen molar-refractivity contribution in [3.8, 4) is 0 Å². The molecule has 1 heterocycles. The Morgan fingerprint density at radius 1 is 1.78 bits per heavy atom. The van der Waals surface area contributed by atoms with Crippen molar-refractivity contribution in [1.82, 2.24) is 9.78 Å². The zero-order valence-electron chi connectivity index (χ0n) is 5.48. The third-order valence-electron chi connectivity index (χ3n) is 1.12. The van der Waals surface area contributed by atoms with Crippen LogP contribution in [0.5, 0.6) is 0 Å². The Kier molecular flexibility index (Phi) is 1.76. The fourth-order valence-corrected chi connectivity index (χ4v) is 0.729. The molecule has 0 amide bonds. The average Bonchev–Trinajstić information content (AvgIpc) is 2.13. The Hall–Kier alpha value is -0.500. The van der Waals surface area contributed by atoms with Gasteiger partial charge < -0.3 is 0 Å². The van der Waals surface area contributed by atoms with Crippen molar-refractivity contribution in [3.63, 3.8) is 0 Å². The van der Waals surface area contributed by atoms with Crippen molar-refractivity contribution >= 4 is 11.6 Å². The Balaban J connectivity index is 2.98. The highest BCUT2D eigenvalue weighted by Gasteiger charge is 1.98. The van der Waals surface area contributed by atoms with Gasteiger partial charge in [-0.2, -0.15) is 5.10 Å². The van der Waals surface area contributed by atoms with E-state index in [-0.39, 0.29) is 0 Å². The van der Waals surface area contributed by atoms with Crippen molar-refractivity contribution in [2.24, 2.45) is 0 Å². The number of aromatic nitrogens is 2. The highest BCUT2D eigenvalue weighted by molar-refractivity contribution is 6.30. The van der Waals surface area contributed by atoms with E-state index < -0.39 is 0 Å². The minimum atomic E-state index is 0.622. The molecule has 1 aromatic heterocycles. The lowest BCUT2D eigenvalue weighted by atomic mass is 10.5. The Bertz CT molecular complexity index is 185. The molecule has 0 N–H and O–H groups in total. The molecule has 0 saturated carbocycles. The monoisotopic (exact) mass is 143 g/mol. The highest BCUT2D eigenvalue weighted by atomic mass is 35.5. The largest absolute Gasteiger partial charge is 0.262 e. The molecule has 0 saturated heterocycles. The molecule has 1 radical (unpaired) electrons. The molecule has 9 heavy (non-hydrogen) atoms. The second-order valence-electron chi connectivity index (χ2n) is 1.83. The Labute approximate surface area is 59.4 Å². The standard InChI is InChI=1S/C6H8ClN2/c1-3-9-4-6(7)5(2)8-9/h3H2,1-2H3. The number of aryl methyl sites for hydroxylation is 2. The molecule has 0 aliphatic carbocycles. The van der Waals surface area contributed by atoms with Gasteiger partial charge in [-0.15, -0.1) is 0 Å². The quantitative estimate of drug-likeness (QED) is 0.585. The normalized spacial score (nSPS) is 10.1. The first-order valence-electron chi connectivity index (χ1n) is 2.86. The number of halogens is 1. The predicted molar refractivity (Wildman–Crippen MR) is 36.5 cm³/mol. The summed E-state index contributed by atoms with van der Waals surface area (Å²) in [6, 6.07) is 0. The zero-order valence-corrected chi connectivity index (χ0v) is 6.24. The van der Waals surface area contributed by atoms with E-state index in [0.29, 0.717) is 5.02 Å². The summed E-state index contributed by atoms with van der Waals surface area (Å²) in [5, 5.41) is 4.68. The van der Waals surface area contributed by atoms with Crippen molar-refractivity contribution in [1.29, 1.82) is 0 Å². The van der Waals surface area contributed by atoms with Gasteiger partial charge in [-0.1, -0.05) is 11.6 Å². The van der Waals surface area contributed by atoms with Crippen LogP contribution in [0, 0.1) is 13.1 Å². The van der Waals surface area contributed by atoms with Crippen LogP contribution in [0.4, 0.5) is 0 Å². The number of rotatable bonds is 1. The smallest absolute Gasteiger partial charge is 0.107 e. The lowest BCUT2D eigenvalue weighted by Crippen LogP contribution is -1.93. The molecule has 0 fully saturated rings. The van der Waals surface area contributed by atoms with Crippen LogP contribution in [-0.4, -0.2) is 9.78 Å². The van der Waals surface area contributed by atoms with E-state index >= 15 is 0 Å². The van der Waals surface area contributed by atoms with Gasteiger partial charge in [0.15, 0.2) is 0 Å². The van der Waals surface area contributed by atoms with Crippen molar-refractivity contribution < 1.29 is 0 Å². The minimum absolute atomic E-state index is 0.622. The van der Waals surface area contributed by atoms with Crippen molar-refractivity contribution in [3.05, 3.63) is 16.9 Å². The van der Waals surface area contributed by atoms with Crippen LogP contribution in [0.1, 0.15) is 12.6 Å². The van der Waals surface area contributed by atoms with Crippen molar-refractivity contribution in [2.75, 3.05) is 0 Å². The molecule has 0 unspecified atom stereocenters. The molecule has 1 aromatic rings. The first kappa shape index (κ1) is 6.62. The van der Waals surface area contributed by atoms with Crippen molar-refractivity contribution in [2.45, 2.75) is 20.4 Å². The maximum absolute atomic E-state index is 5.67. The maximum Gasteiger partial charge on any atom is 0.107 e. The summed E-state index contributed by atoms with van der Waals surface area (Å²) in [7, 11) is 0. The van der Waals surface area contributed by atoms with E-state index in [4.69, 9.17) is 11.6 Å². The average molecular weight is 144 g/mol. The van der Waals surface area contributed by atoms with Crippen LogP contribution in [-0.2, 0) is 6.54 Å². The third kappa shape index (κ3) is 1.24. The van der Waals surface area contributed by atoms with Crippen LogP contribution in [0.3, 0.4) is 0 Å². The van der Waals surface area contributed by atoms with Gasteiger partial charge >= 0.3 is 0 Å². The predicted octanol–water partition coefficient (Wildman–Crippen LogP) is 1.67. The third-order valence-corrected chi connectivity index (χ3v) is 1.47. The fourth-order valence-electron chi connectivity index (χ4n) is 0.594. The molecule has 0 aromatic carbocycles. The summed E-state index contributed by atoms with van der Waals surface area (Å²) in [6.07, 6.45) is 2.86. The molecule has 2 nitrogen and oxygen atoms in total. The summed E-state index contributed by atoms with van der Waals surface area (Å²) in [5.74, 6) is 0. The van der Waals surface area contributed by atoms with Crippen LogP contribution >= 0.6 is 11.6 Å². The molecule has 3 heteroatoms. The number of nitrogens with zero attached hydrogens (tertiary/aromatic N) is 2. The highest BCUT2D eigenvalue weighted by Crippen LogP contribution is 2.10. The van der Waals surface area contributed by atoms with Gasteiger partial charge in [-0.05, 0) is 13.8 Å². The molecule has 1 rings (SSSR count). The van der Waals surface area contributed by atoms with Gasteiger partial charge in [-0.3, -0.25) is 4.68 Å². The molecule has 0 spiro atoms. The first-order chi connectivity index (χ1) is 4.24. The van der Waals surface area contributed by atoms with Gasteiger partial charge in [0.25, 0.3) is 0 Å². The first-order valence-corrected chi connectivity index (χ1v) is 3.24. The molecule has 0 aliphatic rings. The SMILES string of the molecule is CCn1[c]c(Cl)c(C)n1. The number of hydrogen-bond acceptors (Lipinski definition) is 1. The van der Waals surface area contributed by atoms with E-state index in [1.165, 1.54) is 0 Å². The maximum atomic E-state index is 5.67. The summed E-state index contributed by atoms with van der Waals surface area (Å²) >= 11 is 5.67. The Morgan fingerprint density at radius 2 is 2.44 bits per heavy atom. The molecule has 0 bridgehead atoms. The molecular formula is C6H8ClN2. The summed E-state index contributed by atoms with van der Waals surface area (Å²) in [4.78, 5) is 0.